The van der Waals surface area contributed by atoms with Gasteiger partial charge in [-0.05, 0) is 0 Å². The van der Waals surface area contributed by atoms with Crippen LogP contribution in [0.25, 0.3) is 10.6 Å². The van der Waals surface area contributed by atoms with Crippen LogP contribution >= 0.6 is 35.3 Å². The lowest BCUT2D eigenvalue weighted by Crippen LogP contribution is -2.37. The minimum Gasteiger partial charge on any atom is -0.443 e. The first-order valence-corrected chi connectivity index (χ1v) is 10.2. The molecule has 0 amide bonds. The predicted octanol–water partition coefficient (Wildman–Crippen LogP) is 4.62. The Morgan fingerprint density at radius 3 is 2.59 bits per heavy atom. The molecule has 0 fully saturated rings. The lowest BCUT2D eigenvalue weighted by atomic mass is 9.94. The first-order valence-electron chi connectivity index (χ1n) is 9.35. The average molecular weight is 525 g/mol. The summed E-state index contributed by atoms with van der Waals surface area (Å²) in [4.78, 5) is 13.3. The number of rotatable bonds is 6. The highest BCUT2D eigenvalue weighted by Gasteiger charge is 2.19. The van der Waals surface area contributed by atoms with Crippen molar-refractivity contribution in [2.75, 3.05) is 13.6 Å². The number of hydrogen-bond donors (Lipinski definition) is 2. The van der Waals surface area contributed by atoms with Gasteiger partial charge in [0.1, 0.15) is 10.8 Å². The first kappa shape index (κ1) is 23.3. The lowest BCUT2D eigenvalue weighted by molar-refractivity contribution is 0.379. The number of thiazole rings is 1. The number of aliphatic imine (C=N–C) groups is 1. The van der Waals surface area contributed by atoms with Crippen LogP contribution in [0.2, 0.25) is 0 Å². The van der Waals surface area contributed by atoms with Crippen LogP contribution in [0.4, 0.5) is 0 Å². The normalized spacial score (nSPS) is 11.8. The summed E-state index contributed by atoms with van der Waals surface area (Å²) in [6.07, 6.45) is 2.62. The third kappa shape index (κ3) is 6.81. The standard InChI is InChI=1S/C21H27N5OS.HI/c1-21(2,3)17-12-24-18(27-17)13-25-20(22-4)23-11-10-16-14-28-19(26-16)15-8-6-5-7-9-15;/h5-9,12,14H,10-11,13H2,1-4H3,(H2,22,23,25);1H. The second-order valence-electron chi connectivity index (χ2n) is 7.48. The van der Waals surface area contributed by atoms with Gasteiger partial charge in [-0.3, -0.25) is 4.99 Å². The second-order valence-corrected chi connectivity index (χ2v) is 8.34. The molecular formula is C21H28IN5OS. The maximum atomic E-state index is 5.80. The molecule has 2 heterocycles. The third-order valence-electron chi connectivity index (χ3n) is 4.17. The molecule has 0 saturated carbocycles. The minimum absolute atomic E-state index is 0. The SMILES string of the molecule is CN=C(NCCc1csc(-c2ccccc2)n1)NCc1ncc(C(C)(C)C)o1.I. The van der Waals surface area contributed by atoms with Crippen LogP contribution in [-0.2, 0) is 18.4 Å². The van der Waals surface area contributed by atoms with Gasteiger partial charge in [-0.15, -0.1) is 35.3 Å². The quantitative estimate of drug-likeness (QED) is 0.279. The molecule has 0 radical (unpaired) electrons. The summed E-state index contributed by atoms with van der Waals surface area (Å²) in [6.45, 7) is 7.55. The van der Waals surface area contributed by atoms with Crippen LogP contribution in [0, 0.1) is 0 Å². The van der Waals surface area contributed by atoms with Crippen LogP contribution in [0.3, 0.4) is 0 Å². The smallest absolute Gasteiger partial charge is 0.213 e. The van der Waals surface area contributed by atoms with E-state index < -0.39 is 0 Å². The fourth-order valence-corrected chi connectivity index (χ4v) is 3.42. The zero-order valence-electron chi connectivity index (χ0n) is 17.2. The molecule has 0 saturated heterocycles. The van der Waals surface area contributed by atoms with Gasteiger partial charge >= 0.3 is 0 Å². The second kappa shape index (κ2) is 10.7. The number of halogens is 1. The van der Waals surface area contributed by atoms with Crippen molar-refractivity contribution < 1.29 is 4.42 Å². The van der Waals surface area contributed by atoms with Gasteiger partial charge in [0, 0.05) is 36.4 Å². The van der Waals surface area contributed by atoms with Gasteiger partial charge < -0.3 is 15.1 Å². The molecule has 0 spiro atoms. The number of nitrogens with one attached hydrogen (secondary N) is 2. The van der Waals surface area contributed by atoms with Crippen molar-refractivity contribution in [2.45, 2.75) is 39.2 Å². The van der Waals surface area contributed by atoms with Gasteiger partial charge in [-0.2, -0.15) is 0 Å². The fraction of sp³-hybridized carbons (Fsp3) is 0.381. The van der Waals surface area contributed by atoms with E-state index in [1.54, 1.807) is 24.6 Å². The van der Waals surface area contributed by atoms with Crippen molar-refractivity contribution in [1.82, 2.24) is 20.6 Å². The van der Waals surface area contributed by atoms with Gasteiger partial charge in [-0.25, -0.2) is 9.97 Å². The Labute approximate surface area is 193 Å². The molecule has 3 aromatic rings. The molecule has 0 unspecified atom stereocenters. The summed E-state index contributed by atoms with van der Waals surface area (Å²) in [7, 11) is 1.75. The van der Waals surface area contributed by atoms with Crippen LogP contribution in [-0.4, -0.2) is 29.5 Å². The highest BCUT2D eigenvalue weighted by Crippen LogP contribution is 2.23. The molecule has 3 rings (SSSR count). The van der Waals surface area contributed by atoms with Crippen LogP contribution in [0.1, 0.15) is 38.1 Å². The Bertz CT molecular complexity index is 915. The van der Waals surface area contributed by atoms with E-state index in [0.717, 1.165) is 35.0 Å². The van der Waals surface area contributed by atoms with E-state index in [0.29, 0.717) is 18.4 Å². The summed E-state index contributed by atoms with van der Waals surface area (Å²) >= 11 is 1.67. The molecule has 6 nitrogen and oxygen atoms in total. The predicted molar refractivity (Wildman–Crippen MR) is 130 cm³/mol. The van der Waals surface area contributed by atoms with E-state index in [1.807, 2.05) is 18.2 Å². The van der Waals surface area contributed by atoms with Crippen LogP contribution in [0.15, 0.2) is 51.3 Å². The molecule has 2 aromatic heterocycles. The molecule has 156 valence electrons. The molecule has 0 aliphatic rings. The van der Waals surface area contributed by atoms with Gasteiger partial charge in [0.05, 0.1) is 18.4 Å². The van der Waals surface area contributed by atoms with Crippen molar-refractivity contribution in [3.05, 3.63) is 59.3 Å². The highest BCUT2D eigenvalue weighted by atomic mass is 127. The third-order valence-corrected chi connectivity index (χ3v) is 5.11. The zero-order valence-corrected chi connectivity index (χ0v) is 20.4. The molecule has 1 aromatic carbocycles. The number of oxazole rings is 1. The average Bonchev–Trinajstić information content (AvgIpc) is 3.34. The fourth-order valence-electron chi connectivity index (χ4n) is 2.56. The molecule has 0 bridgehead atoms. The highest BCUT2D eigenvalue weighted by molar-refractivity contribution is 14.0. The van der Waals surface area contributed by atoms with E-state index >= 15 is 0 Å². The summed E-state index contributed by atoms with van der Waals surface area (Å²) in [6, 6.07) is 10.3. The molecule has 2 N–H and O–H groups in total. The van der Waals surface area contributed by atoms with Gasteiger partial charge in [-0.1, -0.05) is 51.1 Å². The van der Waals surface area contributed by atoms with Crippen LogP contribution < -0.4 is 10.6 Å². The molecule has 8 heteroatoms. The number of nitrogens with zero attached hydrogens (tertiary/aromatic N) is 3. The van der Waals surface area contributed by atoms with Gasteiger partial charge in [0.15, 0.2) is 5.96 Å². The summed E-state index contributed by atoms with van der Waals surface area (Å²) in [5, 5.41) is 9.71. The van der Waals surface area contributed by atoms with Crippen molar-refractivity contribution in [3.8, 4) is 10.6 Å². The molecule has 0 aliphatic heterocycles. The van der Waals surface area contributed by atoms with Gasteiger partial charge in [0.2, 0.25) is 5.89 Å². The van der Waals surface area contributed by atoms with Crippen molar-refractivity contribution >= 4 is 41.3 Å². The van der Waals surface area contributed by atoms with Crippen LogP contribution in [0.5, 0.6) is 0 Å². The topological polar surface area (TPSA) is 75.3 Å². The number of benzene rings is 1. The number of aromatic nitrogens is 2. The molecule has 0 aliphatic carbocycles. The van der Waals surface area contributed by atoms with E-state index in [-0.39, 0.29) is 29.4 Å². The van der Waals surface area contributed by atoms with E-state index in [2.05, 4.69) is 58.9 Å². The first-order chi connectivity index (χ1) is 13.5. The largest absolute Gasteiger partial charge is 0.443 e. The van der Waals surface area contributed by atoms with E-state index in [1.165, 1.54) is 0 Å². The summed E-state index contributed by atoms with van der Waals surface area (Å²) < 4.78 is 5.80. The number of guanidine groups is 1. The molecule has 0 atom stereocenters. The van der Waals surface area contributed by atoms with Crippen molar-refractivity contribution in [2.24, 2.45) is 4.99 Å². The summed E-state index contributed by atoms with van der Waals surface area (Å²) in [5.41, 5.74) is 2.19. The maximum absolute atomic E-state index is 5.80. The Balaban J connectivity index is 0.00000300. The Morgan fingerprint density at radius 1 is 1.17 bits per heavy atom. The van der Waals surface area contributed by atoms with E-state index in [9.17, 15) is 0 Å². The maximum Gasteiger partial charge on any atom is 0.213 e. The Morgan fingerprint density at radius 2 is 1.93 bits per heavy atom. The van der Waals surface area contributed by atoms with Crippen molar-refractivity contribution in [3.63, 3.8) is 0 Å². The lowest BCUT2D eigenvalue weighted by Gasteiger charge is -2.13. The Hall–Kier alpha value is -1.94. The minimum atomic E-state index is -0.0443. The Kier molecular flexibility index (Phi) is 8.63. The molecular weight excluding hydrogens is 497 g/mol. The monoisotopic (exact) mass is 525 g/mol. The van der Waals surface area contributed by atoms with Crippen molar-refractivity contribution in [1.29, 1.82) is 0 Å². The number of hydrogen-bond acceptors (Lipinski definition) is 5. The molecule has 29 heavy (non-hydrogen) atoms. The zero-order chi connectivity index (χ0) is 20.0. The van der Waals surface area contributed by atoms with Gasteiger partial charge in [0.25, 0.3) is 0 Å². The summed E-state index contributed by atoms with van der Waals surface area (Å²) in [5.74, 6) is 2.25. The van der Waals surface area contributed by atoms with E-state index in [4.69, 9.17) is 9.40 Å².